The first kappa shape index (κ1) is 11.9. The molecular weight excluding hydrogens is 280 g/mol. The number of hydrogen-bond donors (Lipinski definition) is 2. The molecule has 2 rings (SSSR count). The molecule has 0 aliphatic heterocycles. The first-order valence-corrected chi connectivity index (χ1v) is 6.12. The maximum atomic E-state index is 11.8. The Balaban J connectivity index is 2.03. The molecule has 1 amide bonds. The lowest BCUT2D eigenvalue weighted by Gasteiger charge is -2.08. The lowest BCUT2D eigenvalue weighted by Crippen LogP contribution is -2.14. The summed E-state index contributed by atoms with van der Waals surface area (Å²) in [5.74, 6) is -0.00461. The Hall–Kier alpha value is -1.55. The number of benzene rings is 1. The number of hydrogen-bond acceptors (Lipinski definition) is 1. The van der Waals surface area contributed by atoms with Gasteiger partial charge in [-0.2, -0.15) is 0 Å². The van der Waals surface area contributed by atoms with Crippen LogP contribution in [0, 0.1) is 6.92 Å². The predicted molar refractivity (Wildman–Crippen MR) is 72.0 cm³/mol. The lowest BCUT2D eigenvalue weighted by atomic mass is 10.2. The third-order valence-electron chi connectivity index (χ3n) is 2.49. The van der Waals surface area contributed by atoms with Crippen molar-refractivity contribution in [2.45, 2.75) is 13.3 Å². The summed E-state index contributed by atoms with van der Waals surface area (Å²) in [6.07, 6.45) is 4.03. The smallest absolute Gasteiger partial charge is 0.228 e. The van der Waals surface area contributed by atoms with Crippen LogP contribution >= 0.6 is 15.9 Å². The molecule has 3 nitrogen and oxygen atoms in total. The molecular formula is C13H13BrN2O. The molecule has 0 radical (unpaired) electrons. The number of aryl methyl sites for hydroxylation is 1. The zero-order chi connectivity index (χ0) is 12.3. The van der Waals surface area contributed by atoms with Gasteiger partial charge in [0.1, 0.15) is 0 Å². The van der Waals surface area contributed by atoms with Gasteiger partial charge in [0, 0.05) is 22.6 Å². The van der Waals surface area contributed by atoms with Crippen LogP contribution in [0.1, 0.15) is 11.1 Å². The molecule has 0 atom stereocenters. The number of carbonyl (C=O) groups is 1. The molecule has 4 heteroatoms. The van der Waals surface area contributed by atoms with Crippen molar-refractivity contribution in [3.63, 3.8) is 0 Å². The number of aromatic amines is 1. The molecule has 0 bridgehead atoms. The SMILES string of the molecule is Cc1cc(Br)ccc1NC(=O)Cc1cc[nH]c1. The molecule has 2 N–H and O–H groups in total. The van der Waals surface area contributed by atoms with E-state index in [2.05, 4.69) is 26.2 Å². The van der Waals surface area contributed by atoms with Crippen molar-refractivity contribution in [1.82, 2.24) is 4.98 Å². The zero-order valence-corrected chi connectivity index (χ0v) is 11.0. The van der Waals surface area contributed by atoms with Gasteiger partial charge in [0.15, 0.2) is 0 Å². The molecule has 17 heavy (non-hydrogen) atoms. The summed E-state index contributed by atoms with van der Waals surface area (Å²) >= 11 is 3.39. The van der Waals surface area contributed by atoms with Crippen molar-refractivity contribution in [3.8, 4) is 0 Å². The summed E-state index contributed by atoms with van der Waals surface area (Å²) < 4.78 is 1.01. The average molecular weight is 293 g/mol. The minimum Gasteiger partial charge on any atom is -0.367 e. The highest BCUT2D eigenvalue weighted by Crippen LogP contribution is 2.20. The van der Waals surface area contributed by atoms with Crippen LogP contribution in [-0.2, 0) is 11.2 Å². The fourth-order valence-electron chi connectivity index (χ4n) is 1.62. The van der Waals surface area contributed by atoms with Crippen LogP contribution in [0.2, 0.25) is 0 Å². The number of aromatic nitrogens is 1. The normalized spacial score (nSPS) is 10.2. The van der Waals surface area contributed by atoms with Crippen LogP contribution in [0.5, 0.6) is 0 Å². The quantitative estimate of drug-likeness (QED) is 0.896. The second-order valence-corrected chi connectivity index (χ2v) is 4.82. The predicted octanol–water partition coefficient (Wildman–Crippen LogP) is 3.27. The van der Waals surface area contributed by atoms with Crippen LogP contribution in [0.25, 0.3) is 0 Å². The number of rotatable bonds is 3. The number of amides is 1. The van der Waals surface area contributed by atoms with E-state index in [-0.39, 0.29) is 5.91 Å². The Morgan fingerprint density at radius 2 is 2.24 bits per heavy atom. The second kappa shape index (κ2) is 5.19. The molecule has 0 saturated carbocycles. The van der Waals surface area contributed by atoms with E-state index < -0.39 is 0 Å². The number of anilines is 1. The number of halogens is 1. The third kappa shape index (κ3) is 3.20. The minimum atomic E-state index is -0.00461. The maximum Gasteiger partial charge on any atom is 0.228 e. The van der Waals surface area contributed by atoms with E-state index in [0.29, 0.717) is 6.42 Å². The van der Waals surface area contributed by atoms with Crippen LogP contribution in [-0.4, -0.2) is 10.9 Å². The van der Waals surface area contributed by atoms with Crippen molar-refractivity contribution in [2.24, 2.45) is 0 Å². The van der Waals surface area contributed by atoms with Gasteiger partial charge in [0.25, 0.3) is 0 Å². The van der Waals surface area contributed by atoms with Crippen LogP contribution in [0.4, 0.5) is 5.69 Å². The standard InChI is InChI=1S/C13H13BrN2O/c1-9-6-11(14)2-3-12(9)16-13(17)7-10-4-5-15-8-10/h2-6,8,15H,7H2,1H3,(H,16,17). The first-order valence-electron chi connectivity index (χ1n) is 5.33. The topological polar surface area (TPSA) is 44.9 Å². The van der Waals surface area contributed by atoms with Gasteiger partial charge in [-0.05, 0) is 42.3 Å². The molecule has 0 aliphatic carbocycles. The molecule has 0 aliphatic rings. The van der Waals surface area contributed by atoms with E-state index in [4.69, 9.17) is 0 Å². The summed E-state index contributed by atoms with van der Waals surface area (Å²) in [6, 6.07) is 7.69. The van der Waals surface area contributed by atoms with Crippen molar-refractivity contribution >= 4 is 27.5 Å². The molecule has 1 heterocycles. The van der Waals surface area contributed by atoms with Crippen molar-refractivity contribution < 1.29 is 4.79 Å². The molecule has 1 aromatic heterocycles. The molecule has 2 aromatic rings. The van der Waals surface area contributed by atoms with Crippen molar-refractivity contribution in [3.05, 3.63) is 52.3 Å². The zero-order valence-electron chi connectivity index (χ0n) is 9.46. The highest BCUT2D eigenvalue weighted by atomic mass is 79.9. The molecule has 88 valence electrons. The Kier molecular flexibility index (Phi) is 3.64. The Labute approximate surface area is 108 Å². The summed E-state index contributed by atoms with van der Waals surface area (Å²) in [7, 11) is 0. The van der Waals surface area contributed by atoms with E-state index in [1.807, 2.05) is 43.6 Å². The van der Waals surface area contributed by atoms with E-state index in [1.54, 1.807) is 0 Å². The van der Waals surface area contributed by atoms with Gasteiger partial charge >= 0.3 is 0 Å². The van der Waals surface area contributed by atoms with E-state index in [1.165, 1.54) is 0 Å². The molecule has 0 spiro atoms. The monoisotopic (exact) mass is 292 g/mol. The molecule has 0 unspecified atom stereocenters. The summed E-state index contributed by atoms with van der Waals surface area (Å²) in [6.45, 7) is 1.97. The summed E-state index contributed by atoms with van der Waals surface area (Å²) in [4.78, 5) is 14.7. The van der Waals surface area contributed by atoms with Crippen LogP contribution in [0.15, 0.2) is 41.1 Å². The van der Waals surface area contributed by atoms with Crippen LogP contribution < -0.4 is 5.32 Å². The molecule has 1 aromatic carbocycles. The highest BCUT2D eigenvalue weighted by molar-refractivity contribution is 9.10. The Bertz CT molecular complexity index is 520. The summed E-state index contributed by atoms with van der Waals surface area (Å²) in [5.41, 5.74) is 2.88. The van der Waals surface area contributed by atoms with E-state index in [0.717, 1.165) is 21.3 Å². The third-order valence-corrected chi connectivity index (χ3v) is 2.98. The largest absolute Gasteiger partial charge is 0.367 e. The van der Waals surface area contributed by atoms with Gasteiger partial charge in [-0.3, -0.25) is 4.79 Å². The Morgan fingerprint density at radius 1 is 1.41 bits per heavy atom. The first-order chi connectivity index (χ1) is 8.15. The number of H-pyrrole nitrogens is 1. The average Bonchev–Trinajstić information content (AvgIpc) is 2.75. The van der Waals surface area contributed by atoms with Gasteiger partial charge in [0.05, 0.1) is 6.42 Å². The van der Waals surface area contributed by atoms with E-state index >= 15 is 0 Å². The molecule has 0 saturated heterocycles. The van der Waals surface area contributed by atoms with Gasteiger partial charge in [-0.25, -0.2) is 0 Å². The van der Waals surface area contributed by atoms with Crippen molar-refractivity contribution in [2.75, 3.05) is 5.32 Å². The molecule has 0 fully saturated rings. The minimum absolute atomic E-state index is 0.00461. The van der Waals surface area contributed by atoms with Gasteiger partial charge < -0.3 is 10.3 Å². The number of carbonyl (C=O) groups excluding carboxylic acids is 1. The fraction of sp³-hybridized carbons (Fsp3) is 0.154. The highest BCUT2D eigenvalue weighted by Gasteiger charge is 2.06. The maximum absolute atomic E-state index is 11.8. The van der Waals surface area contributed by atoms with Gasteiger partial charge in [-0.1, -0.05) is 15.9 Å². The second-order valence-electron chi connectivity index (χ2n) is 3.90. The summed E-state index contributed by atoms with van der Waals surface area (Å²) in [5, 5.41) is 2.90. The van der Waals surface area contributed by atoms with E-state index in [9.17, 15) is 4.79 Å². The van der Waals surface area contributed by atoms with Gasteiger partial charge in [0.2, 0.25) is 5.91 Å². The Morgan fingerprint density at radius 3 is 2.88 bits per heavy atom. The lowest BCUT2D eigenvalue weighted by molar-refractivity contribution is -0.115. The number of nitrogens with one attached hydrogen (secondary N) is 2. The van der Waals surface area contributed by atoms with Crippen LogP contribution in [0.3, 0.4) is 0 Å². The fourth-order valence-corrected chi connectivity index (χ4v) is 2.09. The van der Waals surface area contributed by atoms with Gasteiger partial charge in [-0.15, -0.1) is 0 Å². The van der Waals surface area contributed by atoms with Crippen molar-refractivity contribution in [1.29, 1.82) is 0 Å².